The molecule has 3 nitrogen and oxygen atoms in total. The molecule has 0 N–H and O–H groups in total. The summed E-state index contributed by atoms with van der Waals surface area (Å²) in [6.07, 6.45) is 0. The molecule has 2 rings (SSSR count). The summed E-state index contributed by atoms with van der Waals surface area (Å²) in [5, 5.41) is 0.531. The highest BCUT2D eigenvalue weighted by Crippen LogP contribution is 2.19. The van der Waals surface area contributed by atoms with Crippen LogP contribution < -0.4 is 0 Å². The first-order valence-corrected chi connectivity index (χ1v) is 6.21. The Labute approximate surface area is 107 Å². The summed E-state index contributed by atoms with van der Waals surface area (Å²) in [6, 6.07) is 7.47. The van der Waals surface area contributed by atoms with Gasteiger partial charge in [-0.25, -0.2) is 0 Å². The molecule has 0 radical (unpaired) electrons. The number of likely N-dealkylation sites (N-methyl/N-ethyl adjacent to an activating group) is 1. The molecule has 0 aliphatic carbocycles. The summed E-state index contributed by atoms with van der Waals surface area (Å²) >= 11 is 6.06. The van der Waals surface area contributed by atoms with Crippen LogP contribution in [0.15, 0.2) is 24.3 Å². The maximum absolute atomic E-state index is 12.4. The van der Waals surface area contributed by atoms with Gasteiger partial charge in [-0.1, -0.05) is 23.7 Å². The number of amides is 1. The molecule has 1 aromatic carbocycles. The Kier molecular flexibility index (Phi) is 3.69. The molecule has 1 unspecified atom stereocenters. The first-order valence-electron chi connectivity index (χ1n) is 5.83. The van der Waals surface area contributed by atoms with E-state index < -0.39 is 0 Å². The highest BCUT2D eigenvalue weighted by Gasteiger charge is 2.27. The summed E-state index contributed by atoms with van der Waals surface area (Å²) in [5.41, 5.74) is 0.602. The van der Waals surface area contributed by atoms with Crippen molar-refractivity contribution in [2.45, 2.75) is 13.0 Å². The quantitative estimate of drug-likeness (QED) is 0.764. The van der Waals surface area contributed by atoms with Crippen molar-refractivity contribution in [2.75, 3.05) is 26.7 Å². The van der Waals surface area contributed by atoms with Gasteiger partial charge in [-0.05, 0) is 26.1 Å². The summed E-state index contributed by atoms with van der Waals surface area (Å²) in [4.78, 5) is 16.5. The molecule has 92 valence electrons. The molecule has 1 atom stereocenters. The van der Waals surface area contributed by atoms with E-state index in [9.17, 15) is 4.79 Å². The van der Waals surface area contributed by atoms with Crippen LogP contribution in [0.1, 0.15) is 17.3 Å². The Morgan fingerprint density at radius 3 is 2.71 bits per heavy atom. The maximum atomic E-state index is 12.4. The summed E-state index contributed by atoms with van der Waals surface area (Å²) in [7, 11) is 2.08. The molecule has 1 aliphatic rings. The van der Waals surface area contributed by atoms with Crippen molar-refractivity contribution < 1.29 is 4.79 Å². The van der Waals surface area contributed by atoms with Gasteiger partial charge in [0, 0.05) is 25.7 Å². The van der Waals surface area contributed by atoms with Gasteiger partial charge in [0.15, 0.2) is 0 Å². The Morgan fingerprint density at radius 2 is 2.06 bits per heavy atom. The molecular formula is C13H17ClN2O. The van der Waals surface area contributed by atoms with E-state index in [-0.39, 0.29) is 11.9 Å². The number of carbonyl (C=O) groups excluding carboxylic acids is 1. The van der Waals surface area contributed by atoms with Crippen molar-refractivity contribution >= 4 is 17.5 Å². The predicted molar refractivity (Wildman–Crippen MR) is 69.4 cm³/mol. The van der Waals surface area contributed by atoms with Crippen LogP contribution in [0.5, 0.6) is 0 Å². The van der Waals surface area contributed by atoms with Crippen LogP contribution in [0.25, 0.3) is 0 Å². The number of hydrogen-bond acceptors (Lipinski definition) is 2. The minimum absolute atomic E-state index is 0.0381. The van der Waals surface area contributed by atoms with E-state index in [1.165, 1.54) is 0 Å². The van der Waals surface area contributed by atoms with E-state index in [1.807, 2.05) is 17.0 Å². The molecule has 4 heteroatoms. The monoisotopic (exact) mass is 252 g/mol. The van der Waals surface area contributed by atoms with E-state index >= 15 is 0 Å². The van der Waals surface area contributed by atoms with E-state index in [0.717, 1.165) is 19.6 Å². The lowest BCUT2D eigenvalue weighted by atomic mass is 10.1. The average Bonchev–Trinajstić information content (AvgIpc) is 2.29. The van der Waals surface area contributed by atoms with Gasteiger partial charge in [-0.15, -0.1) is 0 Å². The van der Waals surface area contributed by atoms with Gasteiger partial charge in [-0.2, -0.15) is 0 Å². The van der Waals surface area contributed by atoms with Gasteiger partial charge in [-0.3, -0.25) is 4.79 Å². The van der Waals surface area contributed by atoms with Crippen LogP contribution in [-0.2, 0) is 0 Å². The highest BCUT2D eigenvalue weighted by molar-refractivity contribution is 6.33. The fourth-order valence-electron chi connectivity index (χ4n) is 2.23. The lowest BCUT2D eigenvalue weighted by molar-refractivity contribution is 0.0534. The van der Waals surface area contributed by atoms with Gasteiger partial charge in [0.1, 0.15) is 0 Å². The van der Waals surface area contributed by atoms with Gasteiger partial charge in [0.25, 0.3) is 5.91 Å². The lowest BCUT2D eigenvalue weighted by Gasteiger charge is -2.38. The van der Waals surface area contributed by atoms with Crippen LogP contribution in [0.3, 0.4) is 0 Å². The number of halogens is 1. The minimum atomic E-state index is 0.0381. The summed E-state index contributed by atoms with van der Waals surface area (Å²) in [6.45, 7) is 4.67. The second-order valence-corrected chi connectivity index (χ2v) is 5.00. The Balaban J connectivity index is 2.18. The largest absolute Gasteiger partial charge is 0.333 e. The normalized spacial score (nSPS) is 21.6. The van der Waals surface area contributed by atoms with Crippen molar-refractivity contribution in [3.05, 3.63) is 34.9 Å². The molecule has 1 aliphatic heterocycles. The van der Waals surface area contributed by atoms with Crippen LogP contribution in [0.2, 0.25) is 5.02 Å². The number of carbonyl (C=O) groups is 1. The zero-order valence-corrected chi connectivity index (χ0v) is 10.9. The molecule has 0 saturated carbocycles. The van der Waals surface area contributed by atoms with Crippen LogP contribution in [0.4, 0.5) is 0 Å². The van der Waals surface area contributed by atoms with Gasteiger partial charge >= 0.3 is 0 Å². The van der Waals surface area contributed by atoms with Gasteiger partial charge < -0.3 is 9.80 Å². The second kappa shape index (κ2) is 5.07. The molecule has 1 fully saturated rings. The molecule has 1 amide bonds. The summed E-state index contributed by atoms with van der Waals surface area (Å²) < 4.78 is 0. The smallest absolute Gasteiger partial charge is 0.255 e. The molecule has 0 aromatic heterocycles. The van der Waals surface area contributed by atoms with Crippen molar-refractivity contribution in [1.82, 2.24) is 9.80 Å². The predicted octanol–water partition coefficient (Wildman–Crippen LogP) is 2.12. The minimum Gasteiger partial charge on any atom is -0.333 e. The van der Waals surface area contributed by atoms with E-state index in [1.54, 1.807) is 12.1 Å². The third-order valence-electron chi connectivity index (χ3n) is 3.20. The number of nitrogens with zero attached hydrogens (tertiary/aromatic N) is 2. The van der Waals surface area contributed by atoms with Gasteiger partial charge in [0.2, 0.25) is 0 Å². The molecule has 17 heavy (non-hydrogen) atoms. The first-order chi connectivity index (χ1) is 8.09. The van der Waals surface area contributed by atoms with E-state index in [4.69, 9.17) is 11.6 Å². The molecule has 1 saturated heterocycles. The SMILES string of the molecule is CC1CN(C)CCN1C(=O)c1ccccc1Cl. The lowest BCUT2D eigenvalue weighted by Crippen LogP contribution is -2.52. The Hall–Kier alpha value is -1.06. The van der Waals surface area contributed by atoms with Crippen LogP contribution in [0, 0.1) is 0 Å². The Bertz CT molecular complexity index is 422. The maximum Gasteiger partial charge on any atom is 0.255 e. The molecule has 1 heterocycles. The highest BCUT2D eigenvalue weighted by atomic mass is 35.5. The number of hydrogen-bond donors (Lipinski definition) is 0. The van der Waals surface area contributed by atoms with Gasteiger partial charge in [0.05, 0.1) is 10.6 Å². The van der Waals surface area contributed by atoms with Crippen molar-refractivity contribution in [3.63, 3.8) is 0 Å². The van der Waals surface area contributed by atoms with Crippen LogP contribution >= 0.6 is 11.6 Å². The Morgan fingerprint density at radius 1 is 1.35 bits per heavy atom. The molecular weight excluding hydrogens is 236 g/mol. The topological polar surface area (TPSA) is 23.6 Å². The van der Waals surface area contributed by atoms with Crippen molar-refractivity contribution in [2.24, 2.45) is 0 Å². The molecule has 0 spiro atoms. The fourth-order valence-corrected chi connectivity index (χ4v) is 2.45. The molecule has 0 bridgehead atoms. The number of piperazine rings is 1. The first kappa shape index (κ1) is 12.4. The van der Waals surface area contributed by atoms with Crippen molar-refractivity contribution in [3.8, 4) is 0 Å². The zero-order valence-electron chi connectivity index (χ0n) is 10.2. The van der Waals surface area contributed by atoms with E-state index in [2.05, 4.69) is 18.9 Å². The third kappa shape index (κ3) is 2.61. The average molecular weight is 253 g/mol. The third-order valence-corrected chi connectivity index (χ3v) is 3.53. The zero-order chi connectivity index (χ0) is 12.4. The number of benzene rings is 1. The van der Waals surface area contributed by atoms with Crippen molar-refractivity contribution in [1.29, 1.82) is 0 Å². The van der Waals surface area contributed by atoms with Crippen LogP contribution in [-0.4, -0.2) is 48.4 Å². The molecule has 1 aromatic rings. The standard InChI is InChI=1S/C13H17ClN2O/c1-10-9-15(2)7-8-16(10)13(17)11-5-3-4-6-12(11)14/h3-6,10H,7-9H2,1-2H3. The van der Waals surface area contributed by atoms with E-state index in [0.29, 0.717) is 10.6 Å². The second-order valence-electron chi connectivity index (χ2n) is 4.59. The fraction of sp³-hybridized carbons (Fsp3) is 0.462. The number of rotatable bonds is 1. The summed E-state index contributed by atoms with van der Waals surface area (Å²) in [5.74, 6) is 0.0381.